The largest absolute Gasteiger partial charge is 0.497 e. The molecular formula is C19H22N6O5. The van der Waals surface area contributed by atoms with Gasteiger partial charge in [0.25, 0.3) is 0 Å². The van der Waals surface area contributed by atoms with Crippen molar-refractivity contribution in [3.8, 4) is 5.75 Å². The molecule has 2 N–H and O–H groups in total. The van der Waals surface area contributed by atoms with Gasteiger partial charge in [-0.15, -0.1) is 0 Å². The van der Waals surface area contributed by atoms with E-state index in [1.165, 1.54) is 0 Å². The van der Waals surface area contributed by atoms with Crippen molar-refractivity contribution in [2.75, 3.05) is 61.6 Å². The molecule has 1 aliphatic rings. The van der Waals surface area contributed by atoms with Crippen molar-refractivity contribution in [1.29, 1.82) is 0 Å². The van der Waals surface area contributed by atoms with Crippen molar-refractivity contribution < 1.29 is 19.4 Å². The van der Waals surface area contributed by atoms with E-state index in [2.05, 4.69) is 25.4 Å². The van der Waals surface area contributed by atoms with Crippen LogP contribution < -0.4 is 19.9 Å². The molecule has 0 atom stereocenters. The number of aliphatic hydroxyl groups is 1. The van der Waals surface area contributed by atoms with Crippen LogP contribution >= 0.6 is 0 Å². The SMILES string of the molecule is COc1cccc(N2CCN(c3cc(NCCO)c([N+](=O)[O-])c4nonc34)CC2)c1. The van der Waals surface area contributed by atoms with Gasteiger partial charge in [-0.3, -0.25) is 10.1 Å². The van der Waals surface area contributed by atoms with Crippen LogP contribution in [-0.4, -0.2) is 66.8 Å². The van der Waals surface area contributed by atoms with E-state index in [0.29, 0.717) is 24.3 Å². The zero-order valence-electron chi connectivity index (χ0n) is 16.4. The number of anilines is 3. The molecular weight excluding hydrogens is 392 g/mol. The van der Waals surface area contributed by atoms with E-state index < -0.39 is 4.92 Å². The zero-order valence-corrected chi connectivity index (χ0v) is 16.4. The Balaban J connectivity index is 1.61. The van der Waals surface area contributed by atoms with Crippen LogP contribution in [0.4, 0.5) is 22.7 Å². The number of hydrogen-bond donors (Lipinski definition) is 2. The Morgan fingerprint density at radius 1 is 1.20 bits per heavy atom. The van der Waals surface area contributed by atoms with E-state index in [0.717, 1.165) is 24.5 Å². The Morgan fingerprint density at radius 3 is 2.63 bits per heavy atom. The number of fused-ring (bicyclic) bond motifs is 1. The van der Waals surface area contributed by atoms with Crippen LogP contribution in [0.2, 0.25) is 0 Å². The second-order valence-corrected chi connectivity index (χ2v) is 6.84. The lowest BCUT2D eigenvalue weighted by atomic mass is 10.1. The number of methoxy groups -OCH3 is 1. The third-order valence-electron chi connectivity index (χ3n) is 5.14. The summed E-state index contributed by atoms with van der Waals surface area (Å²) < 4.78 is 10.1. The van der Waals surface area contributed by atoms with Crippen LogP contribution in [0.3, 0.4) is 0 Å². The number of nitro groups is 1. The average molecular weight is 414 g/mol. The summed E-state index contributed by atoms with van der Waals surface area (Å²) >= 11 is 0. The highest BCUT2D eigenvalue weighted by Gasteiger charge is 2.29. The van der Waals surface area contributed by atoms with Gasteiger partial charge in [-0.2, -0.15) is 0 Å². The van der Waals surface area contributed by atoms with Crippen LogP contribution in [0.15, 0.2) is 35.0 Å². The lowest BCUT2D eigenvalue weighted by Gasteiger charge is -2.37. The predicted molar refractivity (Wildman–Crippen MR) is 111 cm³/mol. The van der Waals surface area contributed by atoms with Gasteiger partial charge in [0.2, 0.25) is 5.52 Å². The number of aliphatic hydroxyl groups excluding tert-OH is 1. The van der Waals surface area contributed by atoms with Crippen molar-refractivity contribution in [2.45, 2.75) is 0 Å². The molecule has 0 bridgehead atoms. The van der Waals surface area contributed by atoms with Crippen molar-refractivity contribution >= 4 is 33.8 Å². The predicted octanol–water partition coefficient (Wildman–Crippen LogP) is 1.87. The molecule has 1 aliphatic heterocycles. The van der Waals surface area contributed by atoms with Gasteiger partial charge in [-0.25, -0.2) is 4.63 Å². The Bertz CT molecular complexity index is 1050. The third kappa shape index (κ3) is 3.66. The van der Waals surface area contributed by atoms with Gasteiger partial charge < -0.3 is 25.0 Å². The first-order valence-corrected chi connectivity index (χ1v) is 9.54. The first kappa shape index (κ1) is 19.7. The quantitative estimate of drug-likeness (QED) is 0.436. The van der Waals surface area contributed by atoms with Crippen LogP contribution in [0.1, 0.15) is 0 Å². The number of piperazine rings is 1. The fourth-order valence-electron chi connectivity index (χ4n) is 3.68. The number of benzene rings is 2. The number of nitrogens with one attached hydrogen (secondary N) is 1. The summed E-state index contributed by atoms with van der Waals surface area (Å²) in [7, 11) is 1.64. The monoisotopic (exact) mass is 414 g/mol. The molecule has 0 aliphatic carbocycles. The normalized spacial score (nSPS) is 14.2. The summed E-state index contributed by atoms with van der Waals surface area (Å²) in [5.41, 5.74) is 2.30. The maximum absolute atomic E-state index is 11.6. The topological polar surface area (TPSA) is 130 Å². The average Bonchev–Trinajstić information content (AvgIpc) is 3.26. The molecule has 30 heavy (non-hydrogen) atoms. The van der Waals surface area contributed by atoms with Crippen molar-refractivity contribution in [1.82, 2.24) is 10.3 Å². The number of ether oxygens (including phenoxy) is 1. The highest BCUT2D eigenvalue weighted by atomic mass is 16.6. The van der Waals surface area contributed by atoms with E-state index in [4.69, 9.17) is 14.5 Å². The highest BCUT2D eigenvalue weighted by molar-refractivity contribution is 5.99. The molecule has 1 aromatic heterocycles. The number of nitrogens with zero attached hydrogens (tertiary/aromatic N) is 5. The van der Waals surface area contributed by atoms with Gasteiger partial charge in [0.1, 0.15) is 11.4 Å². The molecule has 1 saturated heterocycles. The fourth-order valence-corrected chi connectivity index (χ4v) is 3.68. The molecule has 1 fully saturated rings. The summed E-state index contributed by atoms with van der Waals surface area (Å²) in [5, 5.41) is 31.3. The molecule has 2 heterocycles. The smallest absolute Gasteiger partial charge is 0.323 e. The maximum atomic E-state index is 11.6. The van der Waals surface area contributed by atoms with E-state index in [9.17, 15) is 10.1 Å². The lowest BCUT2D eigenvalue weighted by Crippen LogP contribution is -2.46. The molecule has 11 heteroatoms. The van der Waals surface area contributed by atoms with E-state index >= 15 is 0 Å². The van der Waals surface area contributed by atoms with Gasteiger partial charge in [0.05, 0.1) is 24.3 Å². The molecule has 0 saturated carbocycles. The first-order chi connectivity index (χ1) is 14.6. The molecule has 2 aromatic carbocycles. The molecule has 11 nitrogen and oxygen atoms in total. The Labute approximate surface area is 171 Å². The molecule has 0 spiro atoms. The minimum atomic E-state index is -0.517. The van der Waals surface area contributed by atoms with Gasteiger partial charge in [0, 0.05) is 44.5 Å². The lowest BCUT2D eigenvalue weighted by molar-refractivity contribution is -0.382. The molecule has 0 unspecified atom stereocenters. The number of nitro benzene ring substituents is 1. The Morgan fingerprint density at radius 2 is 1.93 bits per heavy atom. The molecule has 3 aromatic rings. The molecule has 0 radical (unpaired) electrons. The minimum absolute atomic E-state index is 0.0909. The maximum Gasteiger partial charge on any atom is 0.323 e. The fraction of sp³-hybridized carbons (Fsp3) is 0.368. The number of aromatic nitrogens is 2. The molecule has 4 rings (SSSR count). The first-order valence-electron chi connectivity index (χ1n) is 9.54. The summed E-state index contributed by atoms with van der Waals surface area (Å²) in [4.78, 5) is 15.4. The van der Waals surface area contributed by atoms with Gasteiger partial charge in [-0.1, -0.05) is 6.07 Å². The van der Waals surface area contributed by atoms with Crippen molar-refractivity contribution in [2.24, 2.45) is 0 Å². The van der Waals surface area contributed by atoms with E-state index in [-0.39, 0.29) is 30.0 Å². The second-order valence-electron chi connectivity index (χ2n) is 6.84. The number of hydrogen-bond acceptors (Lipinski definition) is 10. The van der Waals surface area contributed by atoms with Gasteiger partial charge in [-0.05, 0) is 28.5 Å². The summed E-state index contributed by atoms with van der Waals surface area (Å²) in [6.45, 7) is 2.93. The zero-order chi connectivity index (χ0) is 21.1. The number of rotatable bonds is 7. The summed E-state index contributed by atoms with van der Waals surface area (Å²) in [6, 6.07) is 9.59. The van der Waals surface area contributed by atoms with Gasteiger partial charge in [0.15, 0.2) is 5.52 Å². The van der Waals surface area contributed by atoms with Crippen LogP contribution in [0.25, 0.3) is 11.0 Å². The van der Waals surface area contributed by atoms with E-state index in [1.807, 2.05) is 24.3 Å². The summed E-state index contributed by atoms with van der Waals surface area (Å²) in [5.74, 6) is 0.806. The summed E-state index contributed by atoms with van der Waals surface area (Å²) in [6.07, 6.45) is 0. The second kappa shape index (κ2) is 8.41. The van der Waals surface area contributed by atoms with E-state index in [1.54, 1.807) is 13.2 Å². The van der Waals surface area contributed by atoms with Crippen molar-refractivity contribution in [3.63, 3.8) is 0 Å². The van der Waals surface area contributed by atoms with Crippen LogP contribution in [0, 0.1) is 10.1 Å². The molecule has 158 valence electrons. The van der Waals surface area contributed by atoms with Gasteiger partial charge >= 0.3 is 5.69 Å². The highest BCUT2D eigenvalue weighted by Crippen LogP contribution is 2.38. The van der Waals surface area contributed by atoms with Crippen LogP contribution in [-0.2, 0) is 0 Å². The Kier molecular flexibility index (Phi) is 5.53. The minimum Gasteiger partial charge on any atom is -0.497 e. The Hall–Kier alpha value is -3.60. The van der Waals surface area contributed by atoms with Crippen LogP contribution in [0.5, 0.6) is 5.75 Å². The van der Waals surface area contributed by atoms with Crippen molar-refractivity contribution in [3.05, 3.63) is 40.4 Å². The third-order valence-corrected chi connectivity index (χ3v) is 5.14. The standard InChI is InChI=1S/C19H22N6O5/c1-29-14-4-2-3-13(11-14)23-6-8-24(9-7-23)16-12-15(20-5-10-26)19(25(27)28)18-17(16)21-30-22-18/h2-4,11-12,20,26H,5-10H2,1H3. The molecule has 0 amide bonds.